The zero-order chi connectivity index (χ0) is 25.9. The van der Waals surface area contributed by atoms with Gasteiger partial charge in [0.1, 0.15) is 10.8 Å². The van der Waals surface area contributed by atoms with Crippen LogP contribution in [-0.4, -0.2) is 51.7 Å². The molecule has 3 aromatic heterocycles. The highest BCUT2D eigenvalue weighted by Gasteiger charge is 2.29. The van der Waals surface area contributed by atoms with Crippen molar-refractivity contribution < 1.29 is 23.5 Å². The van der Waals surface area contributed by atoms with E-state index in [1.54, 1.807) is 13.2 Å². The van der Waals surface area contributed by atoms with E-state index in [0.717, 1.165) is 55.6 Å². The number of thioether (sulfide) groups is 1. The maximum absolute atomic E-state index is 13.1. The number of thiophene rings is 1. The van der Waals surface area contributed by atoms with Crippen molar-refractivity contribution in [1.82, 2.24) is 14.8 Å². The number of aryl methyl sites for hydroxylation is 1. The summed E-state index contributed by atoms with van der Waals surface area (Å²) in [6.07, 6.45) is 6.50. The van der Waals surface area contributed by atoms with Gasteiger partial charge in [-0.2, -0.15) is 0 Å². The van der Waals surface area contributed by atoms with Crippen LogP contribution in [0.3, 0.4) is 0 Å². The lowest BCUT2D eigenvalue weighted by Crippen LogP contribution is -2.19. The number of hydrogen-bond donors (Lipinski definition) is 1. The highest BCUT2D eigenvalue weighted by Crippen LogP contribution is 2.40. The monoisotopic (exact) mass is 544 g/mol. The van der Waals surface area contributed by atoms with Gasteiger partial charge in [-0.3, -0.25) is 9.36 Å². The quantitative estimate of drug-likeness (QED) is 0.292. The number of amides is 1. The molecule has 1 saturated heterocycles. The Balaban J connectivity index is 1.33. The SMILES string of the molecule is CCOC(=O)c1c(NC(=O)CSc2nnc(-c3ccoc3C)n2CC2CCCO2)sc2c1CCC(C)C2. The summed E-state index contributed by atoms with van der Waals surface area (Å²) < 4.78 is 18.7. The van der Waals surface area contributed by atoms with Crippen LogP contribution in [0, 0.1) is 12.8 Å². The number of aromatic nitrogens is 3. The normalized spacial score (nSPS) is 19.1. The Bertz CT molecular complexity index is 1270. The van der Waals surface area contributed by atoms with Crippen molar-refractivity contribution in [3.8, 4) is 11.4 Å². The van der Waals surface area contributed by atoms with Gasteiger partial charge in [-0.05, 0) is 63.5 Å². The van der Waals surface area contributed by atoms with Crippen molar-refractivity contribution in [3.63, 3.8) is 0 Å². The zero-order valence-corrected chi connectivity index (χ0v) is 23.0. The van der Waals surface area contributed by atoms with E-state index in [1.165, 1.54) is 28.0 Å². The summed E-state index contributed by atoms with van der Waals surface area (Å²) in [7, 11) is 0. The van der Waals surface area contributed by atoms with E-state index in [0.29, 0.717) is 40.6 Å². The van der Waals surface area contributed by atoms with E-state index in [1.807, 2.05) is 17.6 Å². The molecule has 0 saturated carbocycles. The molecule has 2 aliphatic rings. The number of furan rings is 1. The second kappa shape index (κ2) is 11.4. The molecule has 0 radical (unpaired) electrons. The van der Waals surface area contributed by atoms with E-state index >= 15 is 0 Å². The van der Waals surface area contributed by atoms with Gasteiger partial charge in [-0.15, -0.1) is 21.5 Å². The van der Waals surface area contributed by atoms with E-state index in [9.17, 15) is 9.59 Å². The molecule has 0 spiro atoms. The number of esters is 1. The van der Waals surface area contributed by atoms with Gasteiger partial charge in [0.2, 0.25) is 5.91 Å². The van der Waals surface area contributed by atoms with Crippen molar-refractivity contribution in [2.75, 3.05) is 24.3 Å². The van der Waals surface area contributed by atoms with Crippen LogP contribution in [0.5, 0.6) is 0 Å². The Hall–Kier alpha value is -2.63. The first-order valence-electron chi connectivity index (χ1n) is 12.8. The van der Waals surface area contributed by atoms with E-state index in [2.05, 4.69) is 22.4 Å². The van der Waals surface area contributed by atoms with Crippen LogP contribution < -0.4 is 5.32 Å². The molecule has 198 valence electrons. The molecular weight excluding hydrogens is 512 g/mol. The molecule has 2 unspecified atom stereocenters. The number of anilines is 1. The van der Waals surface area contributed by atoms with Crippen LogP contribution in [0.15, 0.2) is 21.9 Å². The molecule has 37 heavy (non-hydrogen) atoms. The molecule has 11 heteroatoms. The van der Waals surface area contributed by atoms with E-state index in [4.69, 9.17) is 13.9 Å². The summed E-state index contributed by atoms with van der Waals surface area (Å²) in [6.45, 7) is 7.56. The average Bonchev–Trinajstić information content (AvgIpc) is 3.65. The number of carbonyl (C=O) groups excluding carboxylic acids is 2. The lowest BCUT2D eigenvalue weighted by molar-refractivity contribution is -0.113. The molecule has 0 aromatic carbocycles. The molecule has 1 amide bonds. The molecule has 1 fully saturated rings. The minimum atomic E-state index is -0.367. The fourth-order valence-electron chi connectivity index (χ4n) is 4.92. The van der Waals surface area contributed by atoms with Gasteiger partial charge in [0, 0.05) is 11.5 Å². The Morgan fingerprint density at radius 2 is 2.19 bits per heavy atom. The van der Waals surface area contributed by atoms with Crippen LogP contribution in [-0.2, 0) is 33.7 Å². The number of hydrogen-bond acceptors (Lipinski definition) is 9. The minimum absolute atomic E-state index is 0.0853. The predicted octanol–water partition coefficient (Wildman–Crippen LogP) is 5.12. The number of rotatable bonds is 9. The van der Waals surface area contributed by atoms with E-state index in [-0.39, 0.29) is 23.7 Å². The fraction of sp³-hybridized carbons (Fsp3) is 0.538. The van der Waals surface area contributed by atoms with Gasteiger partial charge < -0.3 is 19.2 Å². The molecular formula is C26H32N4O5S2. The van der Waals surface area contributed by atoms with Crippen molar-refractivity contribution in [1.29, 1.82) is 0 Å². The van der Waals surface area contributed by atoms with Crippen molar-refractivity contribution >= 4 is 40.0 Å². The van der Waals surface area contributed by atoms with Gasteiger partial charge >= 0.3 is 5.97 Å². The third-order valence-corrected chi connectivity index (χ3v) is 8.94. The molecule has 4 heterocycles. The Kier molecular flexibility index (Phi) is 8.01. The molecule has 1 aliphatic heterocycles. The van der Waals surface area contributed by atoms with Crippen LogP contribution in [0.4, 0.5) is 5.00 Å². The lowest BCUT2D eigenvalue weighted by atomic mass is 9.88. The Labute approximate surface area is 224 Å². The number of fused-ring (bicyclic) bond motifs is 1. The second-order valence-corrected chi connectivity index (χ2v) is 11.6. The summed E-state index contributed by atoms with van der Waals surface area (Å²) in [4.78, 5) is 27.0. The lowest BCUT2D eigenvalue weighted by Gasteiger charge is -2.18. The van der Waals surface area contributed by atoms with Gasteiger partial charge in [-0.25, -0.2) is 4.79 Å². The third-order valence-electron chi connectivity index (χ3n) is 6.80. The van der Waals surface area contributed by atoms with Crippen LogP contribution in [0.2, 0.25) is 0 Å². The molecule has 5 rings (SSSR count). The molecule has 0 bridgehead atoms. The maximum Gasteiger partial charge on any atom is 0.341 e. The third kappa shape index (κ3) is 5.63. The first kappa shape index (κ1) is 26.0. The Morgan fingerprint density at radius 3 is 2.92 bits per heavy atom. The van der Waals surface area contributed by atoms with Crippen LogP contribution in [0.25, 0.3) is 11.4 Å². The second-order valence-electron chi connectivity index (χ2n) is 9.56. The van der Waals surface area contributed by atoms with Gasteiger partial charge in [0.15, 0.2) is 11.0 Å². The minimum Gasteiger partial charge on any atom is -0.469 e. The number of ether oxygens (including phenoxy) is 2. The highest BCUT2D eigenvalue weighted by atomic mass is 32.2. The number of carbonyl (C=O) groups is 2. The van der Waals surface area contributed by atoms with Crippen molar-refractivity contribution in [2.24, 2.45) is 5.92 Å². The van der Waals surface area contributed by atoms with E-state index < -0.39 is 0 Å². The maximum atomic E-state index is 13.1. The number of nitrogens with one attached hydrogen (secondary N) is 1. The van der Waals surface area contributed by atoms with Crippen molar-refractivity contribution in [3.05, 3.63) is 34.1 Å². The van der Waals surface area contributed by atoms with Crippen molar-refractivity contribution in [2.45, 2.75) is 70.7 Å². The first-order chi connectivity index (χ1) is 17.9. The molecule has 3 aromatic rings. The van der Waals surface area contributed by atoms with Gasteiger partial charge in [0.05, 0.1) is 42.4 Å². The summed E-state index contributed by atoms with van der Waals surface area (Å²) >= 11 is 2.82. The number of nitrogens with zero attached hydrogens (tertiary/aromatic N) is 3. The van der Waals surface area contributed by atoms with Crippen LogP contribution in [0.1, 0.15) is 59.7 Å². The summed E-state index contributed by atoms with van der Waals surface area (Å²) in [5.74, 6) is 1.59. The summed E-state index contributed by atoms with van der Waals surface area (Å²) in [5.41, 5.74) is 2.42. The molecule has 2 atom stereocenters. The Morgan fingerprint density at radius 1 is 1.32 bits per heavy atom. The standard InChI is InChI=1S/C26H32N4O5S2/c1-4-33-25(32)22-19-8-7-15(2)12-20(19)37-24(22)27-21(31)14-36-26-29-28-23(18-9-11-34-16(18)3)30(26)13-17-6-5-10-35-17/h9,11,15,17H,4-8,10,12-14H2,1-3H3,(H,27,31). The largest absolute Gasteiger partial charge is 0.469 e. The predicted molar refractivity (Wildman–Crippen MR) is 142 cm³/mol. The molecule has 9 nitrogen and oxygen atoms in total. The van der Waals surface area contributed by atoms with Gasteiger partial charge in [0.25, 0.3) is 0 Å². The zero-order valence-electron chi connectivity index (χ0n) is 21.4. The van der Waals surface area contributed by atoms with Crippen LogP contribution >= 0.6 is 23.1 Å². The first-order valence-corrected chi connectivity index (χ1v) is 14.6. The highest BCUT2D eigenvalue weighted by molar-refractivity contribution is 7.99. The smallest absolute Gasteiger partial charge is 0.341 e. The van der Waals surface area contributed by atoms with Gasteiger partial charge in [-0.1, -0.05) is 18.7 Å². The summed E-state index contributed by atoms with van der Waals surface area (Å²) in [6, 6.07) is 1.88. The fourth-order valence-corrected chi connectivity index (χ4v) is 7.08. The summed E-state index contributed by atoms with van der Waals surface area (Å²) in [5, 5.41) is 13.0. The molecule has 1 N–H and O–H groups in total. The topological polar surface area (TPSA) is 108 Å². The molecule has 1 aliphatic carbocycles. The average molecular weight is 545 g/mol.